The zero-order valence-corrected chi connectivity index (χ0v) is 15.3. The molecule has 1 heterocycles. The summed E-state index contributed by atoms with van der Waals surface area (Å²) in [7, 11) is 0. The summed E-state index contributed by atoms with van der Waals surface area (Å²) in [4.78, 5) is 5.05. The zero-order chi connectivity index (χ0) is 17.5. The van der Waals surface area contributed by atoms with Crippen LogP contribution in [0.2, 0.25) is 0 Å². The Balaban J connectivity index is 2.09. The molecular formula is C24H27N. The molecule has 0 bridgehead atoms. The summed E-state index contributed by atoms with van der Waals surface area (Å²) in [6, 6.07) is 23.6. The second kappa shape index (κ2) is 8.62. The predicted octanol–water partition coefficient (Wildman–Crippen LogP) is 6.24. The van der Waals surface area contributed by atoms with Crippen molar-refractivity contribution >= 4 is 0 Å². The van der Waals surface area contributed by atoms with E-state index in [-0.39, 0.29) is 0 Å². The van der Waals surface area contributed by atoms with Gasteiger partial charge in [-0.3, -0.25) is 4.98 Å². The molecule has 1 aromatic heterocycles. The first-order valence-electron chi connectivity index (χ1n) is 9.42. The molecule has 0 amide bonds. The lowest BCUT2D eigenvalue weighted by atomic mass is 9.93. The van der Waals surface area contributed by atoms with Crippen molar-refractivity contribution in [3.8, 4) is 11.3 Å². The van der Waals surface area contributed by atoms with E-state index in [1.807, 2.05) is 0 Å². The first-order chi connectivity index (χ1) is 12.3. The number of benzene rings is 2. The maximum atomic E-state index is 5.05. The lowest BCUT2D eigenvalue weighted by Gasteiger charge is -2.16. The molecule has 1 nitrogen and oxygen atoms in total. The third-order valence-corrected chi connectivity index (χ3v) is 4.60. The summed E-state index contributed by atoms with van der Waals surface area (Å²) < 4.78 is 0. The van der Waals surface area contributed by atoms with Crippen molar-refractivity contribution in [2.75, 3.05) is 0 Å². The van der Waals surface area contributed by atoms with Gasteiger partial charge in [0, 0.05) is 11.3 Å². The average Bonchev–Trinajstić information content (AvgIpc) is 2.66. The number of hydrogen-bond donors (Lipinski definition) is 0. The minimum absolute atomic E-state index is 0.981. The van der Waals surface area contributed by atoms with Gasteiger partial charge in [0.05, 0.1) is 5.69 Å². The van der Waals surface area contributed by atoms with Crippen molar-refractivity contribution in [2.45, 2.75) is 46.0 Å². The maximum absolute atomic E-state index is 5.05. The number of rotatable bonds is 7. The fourth-order valence-electron chi connectivity index (χ4n) is 3.41. The van der Waals surface area contributed by atoms with Gasteiger partial charge in [-0.15, -0.1) is 0 Å². The number of aryl methyl sites for hydroxylation is 1. The number of nitrogens with zero attached hydrogens (tertiary/aromatic N) is 1. The Bertz CT molecular complexity index is 791. The highest BCUT2D eigenvalue weighted by Crippen LogP contribution is 2.26. The Labute approximate surface area is 151 Å². The second-order valence-electron chi connectivity index (χ2n) is 6.62. The molecule has 25 heavy (non-hydrogen) atoms. The van der Waals surface area contributed by atoms with Crippen molar-refractivity contribution < 1.29 is 0 Å². The van der Waals surface area contributed by atoms with Crippen LogP contribution in [-0.2, 0) is 19.3 Å². The summed E-state index contributed by atoms with van der Waals surface area (Å²) in [5.74, 6) is 0. The molecule has 0 saturated heterocycles. The van der Waals surface area contributed by atoms with Gasteiger partial charge in [-0.2, -0.15) is 0 Å². The highest BCUT2D eigenvalue weighted by atomic mass is 14.7. The lowest BCUT2D eigenvalue weighted by molar-refractivity contribution is 0.818. The van der Waals surface area contributed by atoms with E-state index in [4.69, 9.17) is 4.98 Å². The van der Waals surface area contributed by atoms with E-state index < -0.39 is 0 Å². The summed E-state index contributed by atoms with van der Waals surface area (Å²) in [6.07, 6.45) is 5.43. The number of aromatic nitrogens is 1. The third kappa shape index (κ3) is 4.36. The first kappa shape index (κ1) is 17.4. The summed E-state index contributed by atoms with van der Waals surface area (Å²) in [5, 5.41) is 0. The van der Waals surface area contributed by atoms with E-state index in [9.17, 15) is 0 Å². The molecule has 128 valence electrons. The summed E-state index contributed by atoms with van der Waals surface area (Å²) >= 11 is 0. The molecule has 0 spiro atoms. The fraction of sp³-hybridized carbons (Fsp3) is 0.292. The smallest absolute Gasteiger partial charge is 0.0708 e. The van der Waals surface area contributed by atoms with Gasteiger partial charge >= 0.3 is 0 Å². The zero-order valence-electron chi connectivity index (χ0n) is 15.3. The van der Waals surface area contributed by atoms with E-state index in [2.05, 4.69) is 80.6 Å². The van der Waals surface area contributed by atoms with Crippen molar-refractivity contribution in [1.29, 1.82) is 0 Å². The van der Waals surface area contributed by atoms with Gasteiger partial charge in [-0.25, -0.2) is 0 Å². The Morgan fingerprint density at radius 3 is 2.04 bits per heavy atom. The normalized spacial score (nSPS) is 10.8. The van der Waals surface area contributed by atoms with Crippen molar-refractivity contribution in [3.05, 3.63) is 89.1 Å². The fourth-order valence-corrected chi connectivity index (χ4v) is 3.41. The van der Waals surface area contributed by atoms with E-state index in [1.54, 1.807) is 0 Å². The largest absolute Gasteiger partial charge is 0.253 e. The van der Waals surface area contributed by atoms with Crippen LogP contribution in [0.1, 0.15) is 49.1 Å². The monoisotopic (exact) mass is 329 g/mol. The van der Waals surface area contributed by atoms with Gasteiger partial charge in [0.15, 0.2) is 0 Å². The highest BCUT2D eigenvalue weighted by Gasteiger charge is 2.13. The predicted molar refractivity (Wildman–Crippen MR) is 107 cm³/mol. The SMILES string of the molecule is CCCc1nc(-c2ccccc2)cc(Cc2ccccc2)c1CCC. The molecule has 0 unspecified atom stereocenters. The molecule has 2 aromatic carbocycles. The molecular weight excluding hydrogens is 302 g/mol. The van der Waals surface area contributed by atoms with Crippen molar-refractivity contribution in [1.82, 2.24) is 4.98 Å². The van der Waals surface area contributed by atoms with Gasteiger partial charge < -0.3 is 0 Å². The van der Waals surface area contributed by atoms with Crippen LogP contribution in [0.25, 0.3) is 11.3 Å². The lowest BCUT2D eigenvalue weighted by Crippen LogP contribution is -2.06. The van der Waals surface area contributed by atoms with Crippen LogP contribution < -0.4 is 0 Å². The molecule has 0 fully saturated rings. The van der Waals surface area contributed by atoms with Gasteiger partial charge in [0.2, 0.25) is 0 Å². The van der Waals surface area contributed by atoms with Crippen molar-refractivity contribution in [2.24, 2.45) is 0 Å². The number of hydrogen-bond acceptors (Lipinski definition) is 1. The van der Waals surface area contributed by atoms with Crippen LogP contribution in [0.5, 0.6) is 0 Å². The molecule has 0 N–H and O–H groups in total. The minimum atomic E-state index is 0.981. The topological polar surface area (TPSA) is 12.9 Å². The van der Waals surface area contributed by atoms with E-state index in [0.29, 0.717) is 0 Å². The van der Waals surface area contributed by atoms with Crippen molar-refractivity contribution in [3.63, 3.8) is 0 Å². The Hall–Kier alpha value is -2.41. The Morgan fingerprint density at radius 1 is 0.760 bits per heavy atom. The van der Waals surface area contributed by atoms with Gasteiger partial charge in [-0.05, 0) is 42.0 Å². The van der Waals surface area contributed by atoms with E-state index in [1.165, 1.54) is 27.9 Å². The van der Waals surface area contributed by atoms with Crippen LogP contribution in [0.4, 0.5) is 0 Å². The quantitative estimate of drug-likeness (QED) is 0.499. The molecule has 3 aromatic rings. The Morgan fingerprint density at radius 2 is 1.40 bits per heavy atom. The number of pyridine rings is 1. The second-order valence-corrected chi connectivity index (χ2v) is 6.62. The third-order valence-electron chi connectivity index (χ3n) is 4.60. The summed E-state index contributed by atoms with van der Waals surface area (Å²) in [5.41, 5.74) is 7.87. The van der Waals surface area contributed by atoms with Crippen LogP contribution in [0.3, 0.4) is 0 Å². The standard InChI is InChI=1S/C24H27N/c1-3-11-22-21(17-19-13-7-5-8-14-19)18-24(25-23(22)12-4-2)20-15-9-6-10-16-20/h5-10,13-16,18H,3-4,11-12,17H2,1-2H3. The van der Waals surface area contributed by atoms with Crippen LogP contribution in [0, 0.1) is 0 Å². The van der Waals surface area contributed by atoms with Crippen LogP contribution in [-0.4, -0.2) is 4.98 Å². The Kier molecular flexibility index (Phi) is 6.00. The average molecular weight is 329 g/mol. The molecule has 0 aliphatic carbocycles. The highest BCUT2D eigenvalue weighted by molar-refractivity contribution is 5.61. The summed E-state index contributed by atoms with van der Waals surface area (Å²) in [6.45, 7) is 4.50. The maximum Gasteiger partial charge on any atom is 0.0708 e. The minimum Gasteiger partial charge on any atom is -0.253 e. The molecule has 0 atom stereocenters. The van der Waals surface area contributed by atoms with Crippen LogP contribution in [0.15, 0.2) is 66.7 Å². The van der Waals surface area contributed by atoms with Crippen LogP contribution >= 0.6 is 0 Å². The van der Waals surface area contributed by atoms with E-state index in [0.717, 1.165) is 37.8 Å². The molecule has 1 heteroatoms. The van der Waals surface area contributed by atoms with Gasteiger partial charge in [-0.1, -0.05) is 87.4 Å². The molecule has 0 radical (unpaired) electrons. The molecule has 3 rings (SSSR count). The first-order valence-corrected chi connectivity index (χ1v) is 9.42. The molecule has 0 saturated carbocycles. The van der Waals surface area contributed by atoms with Gasteiger partial charge in [0.1, 0.15) is 0 Å². The van der Waals surface area contributed by atoms with E-state index >= 15 is 0 Å². The van der Waals surface area contributed by atoms with Gasteiger partial charge in [0.25, 0.3) is 0 Å². The molecule has 0 aliphatic heterocycles. The molecule has 0 aliphatic rings.